The molecule has 0 aliphatic rings. The lowest BCUT2D eigenvalue weighted by Gasteiger charge is -2.05. The summed E-state index contributed by atoms with van der Waals surface area (Å²) in [5.41, 5.74) is 0. The highest BCUT2D eigenvalue weighted by molar-refractivity contribution is 7.89. The largest absolute Gasteiger partial charge is 0.492 e. The first-order chi connectivity index (χ1) is 6.88. The third-order valence-corrected chi connectivity index (χ3v) is 2.55. The second kappa shape index (κ2) is 4.78. The average molecular weight is 254 g/mol. The van der Waals surface area contributed by atoms with Crippen molar-refractivity contribution in [2.75, 3.05) is 12.4 Å². The quantitative estimate of drug-likeness (QED) is 0.875. The van der Waals surface area contributed by atoms with Crippen LogP contribution in [-0.4, -0.2) is 20.8 Å². The molecule has 1 aromatic rings. The van der Waals surface area contributed by atoms with Crippen LogP contribution >= 0.6 is 11.6 Å². The zero-order valence-electron chi connectivity index (χ0n) is 7.61. The average Bonchev–Trinajstić information content (AvgIpc) is 2.09. The first-order valence-corrected chi connectivity index (χ1v) is 6.06. The van der Waals surface area contributed by atoms with Crippen LogP contribution in [0.1, 0.15) is 0 Å². The minimum Gasteiger partial charge on any atom is -0.492 e. The first kappa shape index (κ1) is 12.2. The molecule has 0 saturated carbocycles. The molecule has 2 N–H and O–H groups in total. The molecular formula is C8H9ClFNO3S. The van der Waals surface area contributed by atoms with Crippen LogP contribution in [0.2, 0.25) is 5.02 Å². The number of halogens is 2. The first-order valence-electron chi connectivity index (χ1n) is 3.97. The van der Waals surface area contributed by atoms with E-state index in [1.807, 2.05) is 0 Å². The molecule has 15 heavy (non-hydrogen) atoms. The third kappa shape index (κ3) is 4.46. The Kier molecular flexibility index (Phi) is 3.90. The summed E-state index contributed by atoms with van der Waals surface area (Å²) in [5.74, 6) is -0.567. The van der Waals surface area contributed by atoms with E-state index in [9.17, 15) is 12.8 Å². The van der Waals surface area contributed by atoms with Crippen LogP contribution in [0.3, 0.4) is 0 Å². The Morgan fingerprint density at radius 2 is 2.13 bits per heavy atom. The van der Waals surface area contributed by atoms with Crippen LogP contribution in [0.5, 0.6) is 5.75 Å². The van der Waals surface area contributed by atoms with Crippen molar-refractivity contribution in [3.63, 3.8) is 0 Å². The maximum absolute atomic E-state index is 12.7. The van der Waals surface area contributed by atoms with Gasteiger partial charge in [0.05, 0.1) is 10.8 Å². The van der Waals surface area contributed by atoms with Gasteiger partial charge in [-0.1, -0.05) is 11.6 Å². The van der Waals surface area contributed by atoms with E-state index in [4.69, 9.17) is 21.5 Å². The van der Waals surface area contributed by atoms with Crippen LogP contribution in [0.4, 0.5) is 4.39 Å². The van der Waals surface area contributed by atoms with Crippen molar-refractivity contribution in [2.45, 2.75) is 0 Å². The van der Waals surface area contributed by atoms with Gasteiger partial charge in [-0.3, -0.25) is 0 Å². The Labute approximate surface area is 91.8 Å². The van der Waals surface area contributed by atoms with Gasteiger partial charge in [0.15, 0.2) is 0 Å². The summed E-state index contributed by atoms with van der Waals surface area (Å²) in [6, 6.07) is 3.75. The molecule has 0 heterocycles. The molecule has 84 valence electrons. The summed E-state index contributed by atoms with van der Waals surface area (Å²) >= 11 is 5.48. The molecule has 0 bridgehead atoms. The molecule has 0 aliphatic heterocycles. The van der Waals surface area contributed by atoms with Crippen molar-refractivity contribution in [1.29, 1.82) is 0 Å². The number of nitrogens with two attached hydrogens (primary N) is 1. The van der Waals surface area contributed by atoms with E-state index in [-0.39, 0.29) is 17.4 Å². The van der Waals surface area contributed by atoms with Gasteiger partial charge in [0.1, 0.15) is 18.2 Å². The van der Waals surface area contributed by atoms with Gasteiger partial charge < -0.3 is 4.74 Å². The van der Waals surface area contributed by atoms with Gasteiger partial charge in [0, 0.05) is 6.07 Å². The summed E-state index contributed by atoms with van der Waals surface area (Å²) in [6.07, 6.45) is 0. The molecular weight excluding hydrogens is 245 g/mol. The van der Waals surface area contributed by atoms with E-state index < -0.39 is 15.8 Å². The highest BCUT2D eigenvalue weighted by atomic mass is 35.5. The summed E-state index contributed by atoms with van der Waals surface area (Å²) in [7, 11) is -3.54. The minimum absolute atomic E-state index is 0.0805. The molecule has 4 nitrogen and oxygen atoms in total. The topological polar surface area (TPSA) is 69.4 Å². The molecule has 1 aromatic carbocycles. The number of sulfonamides is 1. The molecule has 0 saturated heterocycles. The van der Waals surface area contributed by atoms with Crippen molar-refractivity contribution in [2.24, 2.45) is 5.14 Å². The molecule has 0 radical (unpaired) electrons. The molecule has 7 heteroatoms. The predicted molar refractivity (Wildman–Crippen MR) is 54.9 cm³/mol. The van der Waals surface area contributed by atoms with Crippen LogP contribution in [-0.2, 0) is 10.0 Å². The third-order valence-electron chi connectivity index (χ3n) is 1.53. The molecule has 1 rings (SSSR count). The summed E-state index contributed by atoms with van der Waals surface area (Å²) in [6.45, 7) is -0.0964. The van der Waals surface area contributed by atoms with Crippen LogP contribution in [0.25, 0.3) is 0 Å². The van der Waals surface area contributed by atoms with Crippen molar-refractivity contribution in [3.05, 3.63) is 29.0 Å². The van der Waals surface area contributed by atoms with E-state index in [2.05, 4.69) is 0 Å². The molecule has 0 unspecified atom stereocenters. The number of primary sulfonamides is 1. The van der Waals surface area contributed by atoms with Gasteiger partial charge in [-0.15, -0.1) is 0 Å². The number of benzene rings is 1. The van der Waals surface area contributed by atoms with Gasteiger partial charge in [0.25, 0.3) is 0 Å². The van der Waals surface area contributed by atoms with Crippen molar-refractivity contribution >= 4 is 21.6 Å². The van der Waals surface area contributed by atoms with Gasteiger partial charge >= 0.3 is 0 Å². The Hall–Kier alpha value is -0.850. The fourth-order valence-electron chi connectivity index (χ4n) is 0.842. The van der Waals surface area contributed by atoms with E-state index in [0.29, 0.717) is 5.75 Å². The van der Waals surface area contributed by atoms with E-state index in [1.165, 1.54) is 12.1 Å². The lowest BCUT2D eigenvalue weighted by molar-refractivity contribution is 0.340. The monoisotopic (exact) mass is 253 g/mol. The number of hydrogen-bond acceptors (Lipinski definition) is 3. The Morgan fingerprint density at radius 1 is 1.47 bits per heavy atom. The second-order valence-electron chi connectivity index (χ2n) is 2.79. The highest BCUT2D eigenvalue weighted by Crippen LogP contribution is 2.20. The van der Waals surface area contributed by atoms with Crippen molar-refractivity contribution in [1.82, 2.24) is 0 Å². The number of rotatable bonds is 4. The molecule has 0 atom stereocenters. The minimum atomic E-state index is -3.54. The summed E-state index contributed by atoms with van der Waals surface area (Å²) in [4.78, 5) is 0. The second-order valence-corrected chi connectivity index (χ2v) is 4.93. The standard InChI is InChI=1S/C8H9ClFNO3S/c9-7-5-6(1-2-8(7)10)14-3-4-15(11,12)13/h1-2,5H,3-4H2,(H2,11,12,13). The number of hydrogen-bond donors (Lipinski definition) is 1. The normalized spacial score (nSPS) is 11.4. The Bertz CT molecular complexity index is 449. The molecule has 0 aromatic heterocycles. The van der Waals surface area contributed by atoms with Crippen molar-refractivity contribution in [3.8, 4) is 5.75 Å². The van der Waals surface area contributed by atoms with E-state index in [1.54, 1.807) is 0 Å². The SMILES string of the molecule is NS(=O)(=O)CCOc1ccc(F)c(Cl)c1. The fourth-order valence-corrected chi connectivity index (χ4v) is 1.33. The molecule has 0 spiro atoms. The highest BCUT2D eigenvalue weighted by Gasteiger charge is 2.04. The maximum Gasteiger partial charge on any atom is 0.212 e. The Balaban J connectivity index is 2.55. The zero-order valence-corrected chi connectivity index (χ0v) is 9.18. The predicted octanol–water partition coefficient (Wildman–Crippen LogP) is 1.15. The van der Waals surface area contributed by atoms with Crippen LogP contribution < -0.4 is 9.88 Å². The fraction of sp³-hybridized carbons (Fsp3) is 0.250. The van der Waals surface area contributed by atoms with Gasteiger partial charge in [-0.05, 0) is 12.1 Å². The lowest BCUT2D eigenvalue weighted by Crippen LogP contribution is -2.21. The van der Waals surface area contributed by atoms with Crippen LogP contribution in [0, 0.1) is 5.82 Å². The molecule has 0 amide bonds. The maximum atomic E-state index is 12.7. The van der Waals surface area contributed by atoms with Gasteiger partial charge in [0.2, 0.25) is 10.0 Å². The van der Waals surface area contributed by atoms with Crippen molar-refractivity contribution < 1.29 is 17.5 Å². The summed E-state index contributed by atoms with van der Waals surface area (Å²) < 4.78 is 38.8. The number of ether oxygens (including phenoxy) is 1. The zero-order chi connectivity index (χ0) is 11.5. The molecule has 0 aliphatic carbocycles. The lowest BCUT2D eigenvalue weighted by atomic mass is 10.3. The van der Waals surface area contributed by atoms with E-state index >= 15 is 0 Å². The molecule has 0 fully saturated rings. The summed E-state index contributed by atoms with van der Waals surface area (Å²) in [5, 5.41) is 4.68. The van der Waals surface area contributed by atoms with Gasteiger partial charge in [-0.2, -0.15) is 0 Å². The smallest absolute Gasteiger partial charge is 0.212 e. The van der Waals surface area contributed by atoms with Crippen LogP contribution in [0.15, 0.2) is 18.2 Å². The van der Waals surface area contributed by atoms with E-state index in [0.717, 1.165) is 6.07 Å². The van der Waals surface area contributed by atoms with Gasteiger partial charge in [-0.25, -0.2) is 17.9 Å². The Morgan fingerprint density at radius 3 is 2.67 bits per heavy atom.